The number of aryl methyl sites for hydroxylation is 1. The van der Waals surface area contributed by atoms with Gasteiger partial charge in [0.25, 0.3) is 0 Å². The van der Waals surface area contributed by atoms with Crippen LogP contribution in [0.1, 0.15) is 5.56 Å². The van der Waals surface area contributed by atoms with Gasteiger partial charge in [0.2, 0.25) is 0 Å². The molecule has 19 heavy (non-hydrogen) atoms. The predicted octanol–water partition coefficient (Wildman–Crippen LogP) is 3.72. The molecule has 1 unspecified atom stereocenters. The average Bonchev–Trinajstić information content (AvgIpc) is 2.34. The maximum Gasteiger partial charge on any atom is 0.124 e. The molecule has 0 radical (unpaired) electrons. The van der Waals surface area contributed by atoms with Crippen LogP contribution in [-0.2, 0) is 11.3 Å². The standard InChI is InChI=1S/C13H11ClFNO2S/c1-9-2-5-11(6-3-9)16(19(17)18)13-7-4-10(15)8-12(13)14/h2-8H,1H3,(H,17,18)/p-1. The molecular formula is C13H10ClFNO2S-. The van der Waals surface area contributed by atoms with E-state index < -0.39 is 17.1 Å². The Hall–Kier alpha value is -1.43. The Morgan fingerprint density at radius 2 is 1.84 bits per heavy atom. The van der Waals surface area contributed by atoms with Crippen LogP contribution in [0.2, 0.25) is 5.02 Å². The molecule has 0 spiro atoms. The van der Waals surface area contributed by atoms with Crippen LogP contribution in [0.3, 0.4) is 0 Å². The smallest absolute Gasteiger partial charge is 0.124 e. The summed E-state index contributed by atoms with van der Waals surface area (Å²) in [6.45, 7) is 1.90. The molecule has 2 aromatic rings. The lowest BCUT2D eigenvalue weighted by molar-refractivity contribution is 0.537. The van der Waals surface area contributed by atoms with E-state index in [4.69, 9.17) is 11.6 Å². The second-order valence-electron chi connectivity index (χ2n) is 3.94. The van der Waals surface area contributed by atoms with Gasteiger partial charge in [-0.05, 0) is 37.3 Å². The van der Waals surface area contributed by atoms with Crippen molar-refractivity contribution in [1.82, 2.24) is 0 Å². The van der Waals surface area contributed by atoms with Gasteiger partial charge in [-0.1, -0.05) is 29.3 Å². The zero-order valence-electron chi connectivity index (χ0n) is 9.97. The number of hydrogen-bond acceptors (Lipinski definition) is 2. The summed E-state index contributed by atoms with van der Waals surface area (Å²) < 4.78 is 36.8. The van der Waals surface area contributed by atoms with Gasteiger partial charge in [-0.3, -0.25) is 8.51 Å². The van der Waals surface area contributed by atoms with E-state index in [1.54, 1.807) is 24.3 Å². The van der Waals surface area contributed by atoms with Gasteiger partial charge in [0.15, 0.2) is 0 Å². The van der Waals surface area contributed by atoms with Gasteiger partial charge in [-0.2, -0.15) is 0 Å². The molecule has 0 heterocycles. The minimum atomic E-state index is -2.55. The van der Waals surface area contributed by atoms with E-state index in [0.717, 1.165) is 22.0 Å². The topological polar surface area (TPSA) is 43.4 Å². The fraction of sp³-hybridized carbons (Fsp3) is 0.0769. The molecular weight excluding hydrogens is 289 g/mol. The second-order valence-corrected chi connectivity index (χ2v) is 5.15. The van der Waals surface area contributed by atoms with Crippen LogP contribution in [0.4, 0.5) is 15.8 Å². The average molecular weight is 299 g/mol. The van der Waals surface area contributed by atoms with E-state index in [1.165, 1.54) is 6.07 Å². The quantitative estimate of drug-likeness (QED) is 0.811. The highest BCUT2D eigenvalue weighted by Gasteiger charge is 2.14. The molecule has 1 atom stereocenters. The molecule has 100 valence electrons. The van der Waals surface area contributed by atoms with Crippen LogP contribution in [0.5, 0.6) is 0 Å². The Balaban J connectivity index is 2.51. The van der Waals surface area contributed by atoms with E-state index in [1.807, 2.05) is 6.92 Å². The number of benzene rings is 2. The van der Waals surface area contributed by atoms with Gasteiger partial charge in [0.05, 0.1) is 27.7 Å². The van der Waals surface area contributed by atoms with E-state index in [9.17, 15) is 13.2 Å². The monoisotopic (exact) mass is 298 g/mol. The Kier molecular flexibility index (Phi) is 4.19. The van der Waals surface area contributed by atoms with Crippen molar-refractivity contribution in [1.29, 1.82) is 0 Å². The minimum Gasteiger partial charge on any atom is -0.755 e. The van der Waals surface area contributed by atoms with Gasteiger partial charge in [-0.25, -0.2) is 4.39 Å². The first-order valence-electron chi connectivity index (χ1n) is 5.40. The second kappa shape index (κ2) is 5.69. The lowest BCUT2D eigenvalue weighted by Crippen LogP contribution is -2.19. The van der Waals surface area contributed by atoms with Crippen molar-refractivity contribution in [3.05, 3.63) is 58.9 Å². The molecule has 0 saturated carbocycles. The van der Waals surface area contributed by atoms with Crippen LogP contribution in [-0.4, -0.2) is 8.76 Å². The lowest BCUT2D eigenvalue weighted by atomic mass is 10.2. The van der Waals surface area contributed by atoms with E-state index in [-0.39, 0.29) is 10.7 Å². The van der Waals surface area contributed by atoms with Gasteiger partial charge in [0, 0.05) is 0 Å². The molecule has 6 heteroatoms. The highest BCUT2D eigenvalue weighted by Crippen LogP contribution is 2.33. The molecule has 0 N–H and O–H groups in total. The number of rotatable bonds is 3. The summed E-state index contributed by atoms with van der Waals surface area (Å²) in [7, 11) is 0. The fourth-order valence-electron chi connectivity index (χ4n) is 1.63. The van der Waals surface area contributed by atoms with Crippen LogP contribution in [0.15, 0.2) is 42.5 Å². The minimum absolute atomic E-state index is 0.0322. The Morgan fingerprint density at radius 1 is 1.21 bits per heavy atom. The van der Waals surface area contributed by atoms with Crippen LogP contribution in [0.25, 0.3) is 0 Å². The zero-order chi connectivity index (χ0) is 14.0. The van der Waals surface area contributed by atoms with Gasteiger partial charge >= 0.3 is 0 Å². The fourth-order valence-corrected chi connectivity index (χ4v) is 2.55. The first-order valence-corrected chi connectivity index (χ1v) is 6.81. The van der Waals surface area contributed by atoms with Gasteiger partial charge < -0.3 is 4.55 Å². The van der Waals surface area contributed by atoms with Crippen LogP contribution < -0.4 is 4.31 Å². The third-order valence-electron chi connectivity index (χ3n) is 2.55. The van der Waals surface area contributed by atoms with Crippen molar-refractivity contribution in [2.45, 2.75) is 6.92 Å². The van der Waals surface area contributed by atoms with E-state index in [0.29, 0.717) is 5.69 Å². The third kappa shape index (κ3) is 3.12. The van der Waals surface area contributed by atoms with Crippen molar-refractivity contribution in [2.24, 2.45) is 0 Å². The predicted molar refractivity (Wildman–Crippen MR) is 73.6 cm³/mol. The maximum absolute atomic E-state index is 13.0. The van der Waals surface area contributed by atoms with E-state index in [2.05, 4.69) is 0 Å². The maximum atomic E-state index is 13.0. The Morgan fingerprint density at radius 3 is 2.37 bits per heavy atom. The lowest BCUT2D eigenvalue weighted by Gasteiger charge is -2.27. The highest BCUT2D eigenvalue weighted by molar-refractivity contribution is 7.81. The summed E-state index contributed by atoms with van der Waals surface area (Å²) >= 11 is 3.34. The molecule has 2 rings (SSSR count). The Bertz CT molecular complexity index is 619. The molecule has 0 amide bonds. The van der Waals surface area contributed by atoms with E-state index >= 15 is 0 Å². The molecule has 0 fully saturated rings. The van der Waals surface area contributed by atoms with Crippen molar-refractivity contribution < 1.29 is 13.2 Å². The van der Waals surface area contributed by atoms with Gasteiger partial charge in [-0.15, -0.1) is 0 Å². The third-order valence-corrected chi connectivity index (χ3v) is 3.55. The molecule has 0 aliphatic heterocycles. The first-order chi connectivity index (χ1) is 8.99. The highest BCUT2D eigenvalue weighted by atomic mass is 35.5. The molecule has 0 aliphatic carbocycles. The summed E-state index contributed by atoms with van der Waals surface area (Å²) in [6, 6.07) is 10.4. The molecule has 0 bridgehead atoms. The SMILES string of the molecule is Cc1ccc(N(c2ccc(F)cc2Cl)S(=O)[O-])cc1. The van der Waals surface area contributed by atoms with Crippen molar-refractivity contribution >= 4 is 34.2 Å². The number of halogens is 2. The Labute approximate surface area is 118 Å². The summed E-state index contributed by atoms with van der Waals surface area (Å²) in [6.07, 6.45) is 0. The summed E-state index contributed by atoms with van der Waals surface area (Å²) in [4.78, 5) is 0. The van der Waals surface area contributed by atoms with Crippen LogP contribution >= 0.6 is 11.6 Å². The summed E-state index contributed by atoms with van der Waals surface area (Å²) in [5.41, 5.74) is 1.65. The summed E-state index contributed by atoms with van der Waals surface area (Å²) in [5, 5.41) is 0.0322. The van der Waals surface area contributed by atoms with Crippen LogP contribution in [0, 0.1) is 12.7 Å². The number of nitrogens with zero attached hydrogens (tertiary/aromatic N) is 1. The number of hydrogen-bond donors (Lipinski definition) is 0. The first kappa shape index (κ1) is 14.0. The van der Waals surface area contributed by atoms with Gasteiger partial charge in [0.1, 0.15) is 5.82 Å². The van der Waals surface area contributed by atoms with Crippen molar-refractivity contribution in [2.75, 3.05) is 4.31 Å². The molecule has 0 aromatic heterocycles. The summed E-state index contributed by atoms with van der Waals surface area (Å²) in [5.74, 6) is -0.519. The van der Waals surface area contributed by atoms with Crippen molar-refractivity contribution in [3.63, 3.8) is 0 Å². The molecule has 2 aromatic carbocycles. The molecule has 0 saturated heterocycles. The zero-order valence-corrected chi connectivity index (χ0v) is 11.5. The molecule has 0 aliphatic rings. The molecule has 3 nitrogen and oxygen atoms in total. The van der Waals surface area contributed by atoms with Crippen molar-refractivity contribution in [3.8, 4) is 0 Å². The normalized spacial score (nSPS) is 12.2. The largest absolute Gasteiger partial charge is 0.755 e. The number of anilines is 2.